The number of H-pyrrole nitrogens is 1. The Bertz CT molecular complexity index is 1500. The summed E-state index contributed by atoms with van der Waals surface area (Å²) in [6, 6.07) is 19.4. The number of anilines is 1. The molecule has 0 saturated heterocycles. The number of aromatic amines is 1. The molecule has 0 fully saturated rings. The van der Waals surface area contributed by atoms with Crippen molar-refractivity contribution in [2.45, 2.75) is 6.61 Å². The number of rotatable bonds is 6. The summed E-state index contributed by atoms with van der Waals surface area (Å²) in [6.07, 6.45) is 1.60. The highest BCUT2D eigenvalue weighted by Crippen LogP contribution is 2.21. The molecular formula is C23H19N7O3. The number of benzene rings is 2. The lowest BCUT2D eigenvalue weighted by Gasteiger charge is -2.12. The van der Waals surface area contributed by atoms with Crippen molar-refractivity contribution in [3.8, 4) is 17.1 Å². The average molecular weight is 441 g/mol. The molecule has 3 aromatic heterocycles. The molecule has 2 aromatic carbocycles. The molecule has 5 aromatic rings. The standard InChI is InChI=1S/C23H19N7O3/c1-29-19(11-12-24-29)26-22(32)17-9-5-6-10-18(17)33-14-16-13-20(31)30-23(25-16)27-21(28-30)15-7-3-2-4-8-15/h2-13H,14H2,1H3,(H,26,32)(H,25,27,28). The van der Waals surface area contributed by atoms with Gasteiger partial charge in [-0.15, -0.1) is 5.10 Å². The van der Waals surface area contributed by atoms with Crippen molar-refractivity contribution in [1.29, 1.82) is 0 Å². The van der Waals surface area contributed by atoms with E-state index in [1.54, 1.807) is 48.3 Å². The maximum Gasteiger partial charge on any atom is 0.276 e. The van der Waals surface area contributed by atoms with Crippen LogP contribution in [-0.2, 0) is 13.7 Å². The molecule has 0 radical (unpaired) electrons. The molecule has 0 aliphatic heterocycles. The molecule has 0 bridgehead atoms. The topological polar surface area (TPSA) is 119 Å². The van der Waals surface area contributed by atoms with Gasteiger partial charge < -0.3 is 15.0 Å². The monoisotopic (exact) mass is 441 g/mol. The molecule has 0 unspecified atom stereocenters. The van der Waals surface area contributed by atoms with Gasteiger partial charge in [0.05, 0.1) is 17.5 Å². The molecule has 0 aliphatic rings. The second kappa shape index (κ2) is 8.42. The van der Waals surface area contributed by atoms with E-state index in [1.165, 1.54) is 10.6 Å². The number of amides is 1. The van der Waals surface area contributed by atoms with Crippen LogP contribution in [0.1, 0.15) is 16.1 Å². The summed E-state index contributed by atoms with van der Waals surface area (Å²) in [5.41, 5.74) is 1.33. The maximum absolute atomic E-state index is 12.8. The van der Waals surface area contributed by atoms with Crippen LogP contribution in [0.5, 0.6) is 5.75 Å². The second-order valence-corrected chi connectivity index (χ2v) is 7.25. The van der Waals surface area contributed by atoms with E-state index >= 15 is 0 Å². The van der Waals surface area contributed by atoms with Crippen LogP contribution in [0.3, 0.4) is 0 Å². The number of aromatic nitrogens is 6. The van der Waals surface area contributed by atoms with Crippen LogP contribution in [0.2, 0.25) is 0 Å². The summed E-state index contributed by atoms with van der Waals surface area (Å²) in [7, 11) is 1.73. The van der Waals surface area contributed by atoms with Gasteiger partial charge >= 0.3 is 0 Å². The number of nitrogens with one attached hydrogen (secondary N) is 2. The molecule has 0 atom stereocenters. The normalized spacial score (nSPS) is 10.9. The highest BCUT2D eigenvalue weighted by molar-refractivity contribution is 6.05. The van der Waals surface area contributed by atoms with Gasteiger partial charge in [-0.2, -0.15) is 14.6 Å². The minimum absolute atomic E-state index is 0.0370. The first-order valence-electron chi connectivity index (χ1n) is 10.1. The predicted molar refractivity (Wildman–Crippen MR) is 121 cm³/mol. The highest BCUT2D eigenvalue weighted by atomic mass is 16.5. The van der Waals surface area contributed by atoms with Crippen LogP contribution < -0.4 is 15.6 Å². The van der Waals surface area contributed by atoms with Crippen molar-refractivity contribution in [3.63, 3.8) is 0 Å². The van der Waals surface area contributed by atoms with Crippen LogP contribution in [0.4, 0.5) is 5.82 Å². The smallest absolute Gasteiger partial charge is 0.276 e. The van der Waals surface area contributed by atoms with Gasteiger partial charge in [0.2, 0.25) is 5.78 Å². The number of carbonyl (C=O) groups excluding carboxylic acids is 1. The summed E-state index contributed by atoms with van der Waals surface area (Å²) >= 11 is 0. The zero-order valence-electron chi connectivity index (χ0n) is 17.6. The number of carbonyl (C=O) groups is 1. The fourth-order valence-electron chi connectivity index (χ4n) is 3.34. The predicted octanol–water partition coefficient (Wildman–Crippen LogP) is 2.65. The second-order valence-electron chi connectivity index (χ2n) is 7.25. The minimum atomic E-state index is -0.334. The highest BCUT2D eigenvalue weighted by Gasteiger charge is 2.15. The van der Waals surface area contributed by atoms with E-state index in [1.807, 2.05) is 30.3 Å². The van der Waals surface area contributed by atoms with Crippen LogP contribution in [0.15, 0.2) is 77.7 Å². The Morgan fingerprint density at radius 2 is 1.88 bits per heavy atom. The molecule has 10 nitrogen and oxygen atoms in total. The first-order chi connectivity index (χ1) is 16.1. The van der Waals surface area contributed by atoms with Crippen molar-refractivity contribution >= 4 is 17.5 Å². The summed E-state index contributed by atoms with van der Waals surface area (Å²) in [4.78, 5) is 32.8. The van der Waals surface area contributed by atoms with Gasteiger partial charge in [-0.1, -0.05) is 42.5 Å². The fraction of sp³-hybridized carbons (Fsp3) is 0.0870. The van der Waals surface area contributed by atoms with Gasteiger partial charge in [0.25, 0.3) is 11.5 Å². The van der Waals surface area contributed by atoms with E-state index in [-0.39, 0.29) is 18.1 Å². The molecule has 0 spiro atoms. The number of hydrogen-bond acceptors (Lipinski definition) is 6. The molecule has 0 aliphatic carbocycles. The first kappa shape index (κ1) is 20.2. The maximum atomic E-state index is 12.8. The van der Waals surface area contributed by atoms with Gasteiger partial charge in [0.15, 0.2) is 5.82 Å². The third-order valence-corrected chi connectivity index (χ3v) is 5.00. The summed E-state index contributed by atoms with van der Waals surface area (Å²) < 4.78 is 8.65. The number of para-hydroxylation sites is 1. The SMILES string of the molecule is Cn1nccc1NC(=O)c1ccccc1OCc1cc(=O)n2nc(-c3ccccc3)nc2[nH]1. The van der Waals surface area contributed by atoms with Crippen LogP contribution in [0, 0.1) is 0 Å². The zero-order valence-corrected chi connectivity index (χ0v) is 17.6. The van der Waals surface area contributed by atoms with Crippen LogP contribution >= 0.6 is 0 Å². The molecule has 164 valence electrons. The summed E-state index contributed by atoms with van der Waals surface area (Å²) in [5.74, 6) is 1.36. The fourth-order valence-corrected chi connectivity index (χ4v) is 3.34. The van der Waals surface area contributed by atoms with Gasteiger partial charge in [-0.3, -0.25) is 14.3 Å². The number of hydrogen-bond donors (Lipinski definition) is 2. The van der Waals surface area contributed by atoms with Gasteiger partial charge in [-0.05, 0) is 12.1 Å². The Morgan fingerprint density at radius 1 is 1.09 bits per heavy atom. The summed E-state index contributed by atoms with van der Waals surface area (Å²) in [5, 5.41) is 11.1. The van der Waals surface area contributed by atoms with E-state index in [4.69, 9.17) is 4.74 Å². The molecular weight excluding hydrogens is 422 g/mol. The first-order valence-corrected chi connectivity index (χ1v) is 10.1. The van der Waals surface area contributed by atoms with Crippen LogP contribution in [-0.4, -0.2) is 35.3 Å². The van der Waals surface area contributed by atoms with Crippen molar-refractivity contribution in [2.24, 2.45) is 7.05 Å². The molecule has 5 rings (SSSR count). The summed E-state index contributed by atoms with van der Waals surface area (Å²) in [6.45, 7) is 0.0370. The molecule has 2 N–H and O–H groups in total. The zero-order chi connectivity index (χ0) is 22.8. The van der Waals surface area contributed by atoms with E-state index < -0.39 is 0 Å². The largest absolute Gasteiger partial charge is 0.487 e. The van der Waals surface area contributed by atoms with Crippen LogP contribution in [0.25, 0.3) is 17.2 Å². The third-order valence-electron chi connectivity index (χ3n) is 5.00. The molecule has 3 heterocycles. The lowest BCUT2D eigenvalue weighted by Crippen LogP contribution is -2.18. The molecule has 1 amide bonds. The van der Waals surface area contributed by atoms with E-state index in [0.717, 1.165) is 5.56 Å². The van der Waals surface area contributed by atoms with Gasteiger partial charge in [-0.25, -0.2) is 0 Å². The van der Waals surface area contributed by atoms with Crippen molar-refractivity contribution < 1.29 is 9.53 Å². The van der Waals surface area contributed by atoms with Crippen molar-refractivity contribution in [1.82, 2.24) is 29.4 Å². The van der Waals surface area contributed by atoms with Gasteiger partial charge in [0, 0.05) is 24.7 Å². The Balaban J connectivity index is 1.37. The minimum Gasteiger partial charge on any atom is -0.487 e. The van der Waals surface area contributed by atoms with E-state index in [0.29, 0.717) is 34.4 Å². The Hall–Kier alpha value is -4.73. The van der Waals surface area contributed by atoms with Crippen molar-refractivity contribution in [2.75, 3.05) is 5.32 Å². The van der Waals surface area contributed by atoms with E-state index in [2.05, 4.69) is 25.5 Å². The number of nitrogens with zero attached hydrogens (tertiary/aromatic N) is 5. The number of ether oxygens (including phenoxy) is 1. The lowest BCUT2D eigenvalue weighted by atomic mass is 10.2. The average Bonchev–Trinajstić information content (AvgIpc) is 3.45. The third kappa shape index (κ3) is 4.09. The molecule has 0 saturated carbocycles. The Labute approximate surface area is 187 Å². The molecule has 33 heavy (non-hydrogen) atoms. The number of aryl methyl sites for hydroxylation is 1. The quantitative estimate of drug-likeness (QED) is 0.418. The Kier molecular flexibility index (Phi) is 5.15. The lowest BCUT2D eigenvalue weighted by molar-refractivity contribution is 0.102. The Morgan fingerprint density at radius 3 is 2.67 bits per heavy atom. The number of fused-ring (bicyclic) bond motifs is 1. The van der Waals surface area contributed by atoms with Gasteiger partial charge in [0.1, 0.15) is 18.2 Å². The molecule has 10 heteroatoms. The van der Waals surface area contributed by atoms with E-state index in [9.17, 15) is 9.59 Å². The van der Waals surface area contributed by atoms with Crippen molar-refractivity contribution in [3.05, 3.63) is 94.5 Å².